The number of aryl methyl sites for hydroxylation is 2. The van der Waals surface area contributed by atoms with Gasteiger partial charge in [0.2, 0.25) is 10.0 Å². The van der Waals surface area contributed by atoms with Crippen molar-refractivity contribution in [1.82, 2.24) is 4.31 Å². The lowest BCUT2D eigenvalue weighted by Crippen LogP contribution is -2.43. The molecule has 1 fully saturated rings. The van der Waals surface area contributed by atoms with Crippen LogP contribution in [0.4, 0.5) is 0 Å². The molecule has 1 N–H and O–H groups in total. The van der Waals surface area contributed by atoms with Gasteiger partial charge < -0.3 is 5.11 Å². The Kier molecular flexibility index (Phi) is 4.87. The van der Waals surface area contributed by atoms with Gasteiger partial charge in [0.05, 0.1) is 5.75 Å². The molecule has 1 aromatic carbocycles. The Labute approximate surface area is 138 Å². The third-order valence-corrected chi connectivity index (χ3v) is 6.63. The number of hydrogen-bond acceptors (Lipinski definition) is 3. The maximum Gasteiger partial charge on any atom is 0.303 e. The van der Waals surface area contributed by atoms with Crippen LogP contribution in [0.2, 0.25) is 0 Å². The van der Waals surface area contributed by atoms with E-state index in [1.54, 1.807) is 0 Å². The minimum Gasteiger partial charge on any atom is -0.481 e. The van der Waals surface area contributed by atoms with Crippen molar-refractivity contribution in [2.24, 2.45) is 5.92 Å². The average molecular weight is 339 g/mol. The maximum atomic E-state index is 12.9. The van der Waals surface area contributed by atoms with Crippen LogP contribution in [0.15, 0.2) is 18.2 Å². The van der Waals surface area contributed by atoms with E-state index in [1.807, 2.05) is 45.9 Å². The van der Waals surface area contributed by atoms with Gasteiger partial charge in [-0.05, 0) is 56.7 Å². The molecule has 0 radical (unpaired) electrons. The van der Waals surface area contributed by atoms with Crippen molar-refractivity contribution in [3.8, 4) is 0 Å². The van der Waals surface area contributed by atoms with Crippen molar-refractivity contribution in [2.75, 3.05) is 6.54 Å². The Morgan fingerprint density at radius 1 is 1.30 bits per heavy atom. The zero-order chi connectivity index (χ0) is 17.4. The van der Waals surface area contributed by atoms with E-state index >= 15 is 0 Å². The molecule has 0 amide bonds. The fourth-order valence-corrected chi connectivity index (χ4v) is 5.81. The molecule has 1 unspecified atom stereocenters. The number of nitrogens with zero attached hydrogens (tertiary/aromatic N) is 1. The second-order valence-corrected chi connectivity index (χ2v) is 9.03. The molecule has 0 aliphatic carbocycles. The van der Waals surface area contributed by atoms with Crippen molar-refractivity contribution in [3.05, 3.63) is 34.9 Å². The van der Waals surface area contributed by atoms with Gasteiger partial charge in [-0.3, -0.25) is 4.79 Å². The number of carboxylic acids is 1. The minimum atomic E-state index is -3.49. The van der Waals surface area contributed by atoms with Gasteiger partial charge in [-0.1, -0.05) is 18.2 Å². The Morgan fingerprint density at radius 3 is 2.39 bits per heavy atom. The summed E-state index contributed by atoms with van der Waals surface area (Å²) in [6, 6.07) is 5.75. The van der Waals surface area contributed by atoms with Gasteiger partial charge in [0.1, 0.15) is 0 Å². The number of rotatable bonds is 5. The van der Waals surface area contributed by atoms with Crippen LogP contribution < -0.4 is 0 Å². The van der Waals surface area contributed by atoms with Crippen molar-refractivity contribution < 1.29 is 18.3 Å². The summed E-state index contributed by atoms with van der Waals surface area (Å²) in [6.07, 6.45) is 0.587. The van der Waals surface area contributed by atoms with Crippen LogP contribution in [0.25, 0.3) is 0 Å². The largest absolute Gasteiger partial charge is 0.481 e. The van der Waals surface area contributed by atoms with Crippen LogP contribution in [0, 0.1) is 19.8 Å². The summed E-state index contributed by atoms with van der Waals surface area (Å²) in [7, 11) is -3.49. The van der Waals surface area contributed by atoms with E-state index in [1.165, 1.54) is 4.31 Å². The van der Waals surface area contributed by atoms with Crippen molar-refractivity contribution in [2.45, 2.75) is 51.8 Å². The zero-order valence-electron chi connectivity index (χ0n) is 14.2. The molecule has 0 aromatic heterocycles. The highest BCUT2D eigenvalue weighted by Gasteiger charge is 2.45. The summed E-state index contributed by atoms with van der Waals surface area (Å²) >= 11 is 0. The number of carbonyl (C=O) groups is 1. The summed E-state index contributed by atoms with van der Waals surface area (Å²) in [5.74, 6) is -1.04. The third-order valence-electron chi connectivity index (χ3n) is 4.66. The Hall–Kier alpha value is -1.40. The predicted molar refractivity (Wildman–Crippen MR) is 89.7 cm³/mol. The highest BCUT2D eigenvalue weighted by atomic mass is 32.2. The van der Waals surface area contributed by atoms with E-state index in [4.69, 9.17) is 5.11 Å². The molecule has 0 saturated carbocycles. The average Bonchev–Trinajstić information content (AvgIpc) is 2.69. The summed E-state index contributed by atoms with van der Waals surface area (Å²) in [5.41, 5.74) is 2.22. The molecule has 2 rings (SSSR count). The van der Waals surface area contributed by atoms with Crippen LogP contribution >= 0.6 is 0 Å². The third kappa shape index (κ3) is 3.93. The first-order valence-electron chi connectivity index (χ1n) is 7.80. The summed E-state index contributed by atoms with van der Waals surface area (Å²) in [4.78, 5) is 10.9. The Morgan fingerprint density at radius 2 is 1.87 bits per heavy atom. The lowest BCUT2D eigenvalue weighted by atomic mass is 9.95. The monoisotopic (exact) mass is 339 g/mol. The molecule has 5 nitrogen and oxygen atoms in total. The van der Waals surface area contributed by atoms with Gasteiger partial charge in [0, 0.05) is 18.5 Å². The van der Waals surface area contributed by atoms with E-state index in [0.717, 1.165) is 16.7 Å². The van der Waals surface area contributed by atoms with Crippen molar-refractivity contribution >= 4 is 16.0 Å². The van der Waals surface area contributed by atoms with Crippen LogP contribution in [0.5, 0.6) is 0 Å². The van der Waals surface area contributed by atoms with Crippen LogP contribution in [0.3, 0.4) is 0 Å². The smallest absolute Gasteiger partial charge is 0.303 e. The van der Waals surface area contributed by atoms with Crippen molar-refractivity contribution in [3.63, 3.8) is 0 Å². The summed E-state index contributed by atoms with van der Waals surface area (Å²) < 4.78 is 27.4. The van der Waals surface area contributed by atoms with Crippen molar-refractivity contribution in [1.29, 1.82) is 0 Å². The van der Waals surface area contributed by atoms with Crippen LogP contribution in [0.1, 0.15) is 43.4 Å². The van der Waals surface area contributed by atoms with E-state index in [0.29, 0.717) is 6.42 Å². The molecule has 1 heterocycles. The molecule has 1 atom stereocenters. The molecule has 0 spiro atoms. The van der Waals surface area contributed by atoms with E-state index in [9.17, 15) is 13.2 Å². The minimum absolute atomic E-state index is 0.0127. The number of benzene rings is 1. The SMILES string of the molecule is Cc1cccc(C)c1CS(=O)(=O)N1CC(CC(=O)O)CC1(C)C. The summed E-state index contributed by atoms with van der Waals surface area (Å²) in [6.45, 7) is 7.86. The summed E-state index contributed by atoms with van der Waals surface area (Å²) in [5, 5.41) is 8.97. The lowest BCUT2D eigenvalue weighted by molar-refractivity contribution is -0.138. The molecule has 1 aromatic rings. The predicted octanol–water partition coefficient (Wildman–Crippen LogP) is 2.71. The zero-order valence-corrected chi connectivity index (χ0v) is 15.0. The van der Waals surface area contributed by atoms with E-state index in [-0.39, 0.29) is 24.6 Å². The van der Waals surface area contributed by atoms with Gasteiger partial charge in [-0.2, -0.15) is 4.31 Å². The van der Waals surface area contributed by atoms with Crippen LogP contribution in [-0.4, -0.2) is 35.9 Å². The molecule has 1 saturated heterocycles. The molecule has 0 bridgehead atoms. The number of aliphatic carboxylic acids is 1. The highest BCUT2D eigenvalue weighted by Crippen LogP contribution is 2.37. The fourth-order valence-electron chi connectivity index (χ4n) is 3.57. The second kappa shape index (κ2) is 6.24. The Balaban J connectivity index is 2.27. The molecule has 23 heavy (non-hydrogen) atoms. The normalized spacial score (nSPS) is 21.5. The second-order valence-electron chi connectivity index (χ2n) is 7.14. The van der Waals surface area contributed by atoms with Gasteiger partial charge >= 0.3 is 5.97 Å². The molecule has 1 aliphatic heterocycles. The van der Waals surface area contributed by atoms with E-state index < -0.39 is 21.5 Å². The highest BCUT2D eigenvalue weighted by molar-refractivity contribution is 7.88. The van der Waals surface area contributed by atoms with E-state index in [2.05, 4.69) is 0 Å². The maximum absolute atomic E-state index is 12.9. The Bertz CT molecular complexity index is 689. The molecule has 6 heteroatoms. The number of hydrogen-bond donors (Lipinski definition) is 1. The van der Waals surface area contributed by atoms with Gasteiger partial charge in [0.15, 0.2) is 0 Å². The van der Waals surface area contributed by atoms with Gasteiger partial charge in [-0.25, -0.2) is 8.42 Å². The number of sulfonamides is 1. The first-order chi connectivity index (χ1) is 10.5. The van der Waals surface area contributed by atoms with Gasteiger partial charge in [-0.15, -0.1) is 0 Å². The molecule has 128 valence electrons. The first-order valence-corrected chi connectivity index (χ1v) is 9.41. The van der Waals surface area contributed by atoms with Gasteiger partial charge in [0.25, 0.3) is 0 Å². The molecule has 1 aliphatic rings. The molecular formula is C17H25NO4S. The standard InChI is InChI=1S/C17H25NO4S/c1-12-6-5-7-13(2)15(12)11-23(21,22)18-10-14(8-16(19)20)9-17(18,3)4/h5-7,14H,8-11H2,1-4H3,(H,19,20). The topological polar surface area (TPSA) is 74.7 Å². The fraction of sp³-hybridized carbons (Fsp3) is 0.588. The molecular weight excluding hydrogens is 314 g/mol. The first kappa shape index (κ1) is 17.9. The van der Waals surface area contributed by atoms with Crippen LogP contribution in [-0.2, 0) is 20.6 Å². The lowest BCUT2D eigenvalue weighted by Gasteiger charge is -2.31. The quantitative estimate of drug-likeness (QED) is 0.895. The number of carboxylic acid groups (broad SMARTS) is 1.